The van der Waals surface area contributed by atoms with Crippen LogP contribution in [0.4, 0.5) is 0 Å². The Morgan fingerprint density at radius 3 is 3.00 bits per heavy atom. The van der Waals surface area contributed by atoms with Crippen LogP contribution in [0.15, 0.2) is 16.9 Å². The number of aryl methyl sites for hydroxylation is 1. The van der Waals surface area contributed by atoms with E-state index in [1.165, 1.54) is 10.6 Å². The van der Waals surface area contributed by atoms with Crippen LogP contribution in [0.1, 0.15) is 17.8 Å². The van der Waals surface area contributed by atoms with Crippen molar-refractivity contribution in [3.8, 4) is 0 Å². The first-order valence-corrected chi connectivity index (χ1v) is 7.16. The minimum atomic E-state index is -0.525. The van der Waals surface area contributed by atoms with Gasteiger partial charge in [0.2, 0.25) is 0 Å². The molecule has 0 bridgehead atoms. The molecule has 0 aliphatic carbocycles. The Morgan fingerprint density at radius 2 is 2.29 bits per heavy atom. The number of nitrogens with one attached hydrogen (secondary N) is 1. The molecule has 3 N–H and O–H groups in total. The molecule has 21 heavy (non-hydrogen) atoms. The van der Waals surface area contributed by atoms with Gasteiger partial charge in [0, 0.05) is 43.4 Å². The first-order chi connectivity index (χ1) is 10.1. The monoisotopic (exact) mass is 292 g/mol. The van der Waals surface area contributed by atoms with Gasteiger partial charge in [0.15, 0.2) is 5.65 Å². The zero-order valence-electron chi connectivity index (χ0n) is 12.0. The summed E-state index contributed by atoms with van der Waals surface area (Å²) in [6.07, 6.45) is 0.227. The number of aromatic nitrogens is 3. The highest BCUT2D eigenvalue weighted by molar-refractivity contribution is 5.39. The van der Waals surface area contributed by atoms with Crippen molar-refractivity contribution in [2.24, 2.45) is 5.92 Å². The molecule has 114 valence electrons. The zero-order valence-corrected chi connectivity index (χ0v) is 12.0. The number of aliphatic hydroxyl groups excluding tert-OH is 2. The van der Waals surface area contributed by atoms with Crippen LogP contribution in [0.3, 0.4) is 0 Å². The van der Waals surface area contributed by atoms with E-state index in [-0.39, 0.29) is 18.1 Å². The Kier molecular flexibility index (Phi) is 3.79. The minimum absolute atomic E-state index is 0.0171. The summed E-state index contributed by atoms with van der Waals surface area (Å²) in [6.45, 7) is 3.71. The molecule has 0 saturated carbocycles. The molecular formula is C14H20N4O3. The van der Waals surface area contributed by atoms with Crippen molar-refractivity contribution in [2.75, 3.05) is 19.7 Å². The molecule has 2 aromatic rings. The summed E-state index contributed by atoms with van der Waals surface area (Å²) in [6, 6.07) is 3.35. The van der Waals surface area contributed by atoms with Crippen molar-refractivity contribution >= 4 is 5.65 Å². The van der Waals surface area contributed by atoms with Gasteiger partial charge in [-0.2, -0.15) is 0 Å². The van der Waals surface area contributed by atoms with Gasteiger partial charge in [-0.3, -0.25) is 14.8 Å². The van der Waals surface area contributed by atoms with E-state index in [2.05, 4.69) is 15.0 Å². The van der Waals surface area contributed by atoms with Crippen molar-refractivity contribution in [1.82, 2.24) is 19.5 Å². The number of rotatable bonds is 3. The molecule has 1 fully saturated rings. The highest BCUT2D eigenvalue weighted by Gasteiger charge is 2.27. The van der Waals surface area contributed by atoms with Gasteiger partial charge in [0.25, 0.3) is 5.56 Å². The van der Waals surface area contributed by atoms with Gasteiger partial charge in [0.05, 0.1) is 11.8 Å². The van der Waals surface area contributed by atoms with Gasteiger partial charge in [-0.25, -0.2) is 9.50 Å². The van der Waals surface area contributed by atoms with Crippen molar-refractivity contribution in [3.63, 3.8) is 0 Å². The maximum Gasteiger partial charge on any atom is 0.272 e. The average Bonchev–Trinajstić information content (AvgIpc) is 2.80. The molecule has 7 heteroatoms. The van der Waals surface area contributed by atoms with Crippen LogP contribution in [0, 0.1) is 12.8 Å². The Labute approximate surface area is 121 Å². The predicted octanol–water partition coefficient (Wildman–Crippen LogP) is -0.494. The van der Waals surface area contributed by atoms with Crippen LogP contribution in [0.25, 0.3) is 5.65 Å². The molecule has 0 radical (unpaired) electrons. The number of likely N-dealkylation sites (tertiary alicyclic amines) is 1. The molecular weight excluding hydrogens is 272 g/mol. The van der Waals surface area contributed by atoms with E-state index < -0.39 is 6.10 Å². The number of H-pyrrole nitrogens is 1. The first-order valence-electron chi connectivity index (χ1n) is 7.16. The second-order valence-electron chi connectivity index (χ2n) is 5.75. The van der Waals surface area contributed by atoms with E-state index in [0.29, 0.717) is 24.4 Å². The molecule has 0 aromatic carbocycles. The molecule has 2 aromatic heterocycles. The van der Waals surface area contributed by atoms with Gasteiger partial charge in [-0.15, -0.1) is 0 Å². The van der Waals surface area contributed by atoms with Gasteiger partial charge < -0.3 is 10.2 Å². The third kappa shape index (κ3) is 2.85. The van der Waals surface area contributed by atoms with E-state index in [9.17, 15) is 9.90 Å². The number of hydrogen-bond acceptors (Lipinski definition) is 5. The third-order valence-electron chi connectivity index (χ3n) is 4.06. The van der Waals surface area contributed by atoms with E-state index in [4.69, 9.17) is 5.11 Å². The number of nitrogens with zero attached hydrogens (tertiary/aromatic N) is 3. The summed E-state index contributed by atoms with van der Waals surface area (Å²) < 4.78 is 1.42. The molecule has 3 rings (SSSR count). The second kappa shape index (κ2) is 5.59. The maximum absolute atomic E-state index is 12.0. The summed E-state index contributed by atoms with van der Waals surface area (Å²) >= 11 is 0. The topological polar surface area (TPSA) is 93.9 Å². The lowest BCUT2D eigenvalue weighted by Gasteiger charge is -2.34. The van der Waals surface area contributed by atoms with Crippen LogP contribution in [-0.4, -0.2) is 55.5 Å². The van der Waals surface area contributed by atoms with Crippen LogP contribution < -0.4 is 5.56 Å². The second-order valence-corrected chi connectivity index (χ2v) is 5.75. The third-order valence-corrected chi connectivity index (χ3v) is 4.06. The van der Waals surface area contributed by atoms with Crippen LogP contribution in [0.2, 0.25) is 0 Å². The molecule has 3 heterocycles. The summed E-state index contributed by atoms with van der Waals surface area (Å²) in [5.74, 6) is -0.0466. The summed E-state index contributed by atoms with van der Waals surface area (Å²) in [5.41, 5.74) is 2.07. The Hall–Kier alpha value is -1.70. The number of aliphatic hydroxyl groups is 2. The molecule has 1 aliphatic rings. The number of hydrogen-bond donors (Lipinski definition) is 3. The highest BCUT2D eigenvalue weighted by Crippen LogP contribution is 2.18. The number of piperidine rings is 1. The van der Waals surface area contributed by atoms with Crippen LogP contribution in [-0.2, 0) is 6.54 Å². The van der Waals surface area contributed by atoms with Crippen LogP contribution in [0.5, 0.6) is 0 Å². The number of β-amino-alcohol motifs (C(OH)–C–C–N with tert-alkyl or cyclic N) is 1. The summed E-state index contributed by atoms with van der Waals surface area (Å²) in [4.78, 5) is 18.5. The quantitative estimate of drug-likeness (QED) is 0.709. The lowest BCUT2D eigenvalue weighted by atomic mass is 9.95. The fourth-order valence-electron chi connectivity index (χ4n) is 2.87. The summed E-state index contributed by atoms with van der Waals surface area (Å²) in [7, 11) is 0. The molecule has 0 unspecified atom stereocenters. The maximum atomic E-state index is 12.0. The Bertz CT molecular complexity index is 693. The molecule has 1 saturated heterocycles. The zero-order chi connectivity index (χ0) is 15.0. The highest BCUT2D eigenvalue weighted by atomic mass is 16.3. The van der Waals surface area contributed by atoms with Gasteiger partial charge in [0.1, 0.15) is 0 Å². The lowest BCUT2D eigenvalue weighted by Crippen LogP contribution is -2.44. The summed E-state index contributed by atoms with van der Waals surface area (Å²) in [5, 5.41) is 22.0. The lowest BCUT2D eigenvalue weighted by molar-refractivity contribution is -0.00478. The fraction of sp³-hybridized carbons (Fsp3) is 0.571. The normalized spacial score (nSPS) is 23.8. The van der Waals surface area contributed by atoms with Crippen molar-refractivity contribution in [3.05, 3.63) is 33.9 Å². The van der Waals surface area contributed by atoms with Gasteiger partial charge in [-0.1, -0.05) is 0 Å². The van der Waals surface area contributed by atoms with E-state index in [1.54, 1.807) is 0 Å². The standard InChI is InChI=1S/C14H20N4O3/c1-9-4-13-15-11(5-14(21)18(13)16-9)6-17-3-2-10(8-19)12(20)7-17/h4-5,10,12,16,19-20H,2-3,6-8H2,1H3/t10-,12-/m1/s1. The molecule has 0 spiro atoms. The molecule has 0 amide bonds. The van der Waals surface area contributed by atoms with Crippen molar-refractivity contribution < 1.29 is 10.2 Å². The minimum Gasteiger partial charge on any atom is -0.396 e. The Morgan fingerprint density at radius 1 is 1.48 bits per heavy atom. The van der Waals surface area contributed by atoms with Crippen molar-refractivity contribution in [1.29, 1.82) is 0 Å². The van der Waals surface area contributed by atoms with Gasteiger partial charge >= 0.3 is 0 Å². The Balaban J connectivity index is 1.78. The molecule has 2 atom stereocenters. The predicted molar refractivity (Wildman–Crippen MR) is 77.0 cm³/mol. The fourth-order valence-corrected chi connectivity index (χ4v) is 2.87. The first kappa shape index (κ1) is 14.2. The largest absolute Gasteiger partial charge is 0.396 e. The average molecular weight is 292 g/mol. The SMILES string of the molecule is Cc1cc2nc(CN3CC[C@H](CO)[C@H](O)C3)cc(=O)n2[nH]1. The molecule has 7 nitrogen and oxygen atoms in total. The molecule has 1 aliphatic heterocycles. The van der Waals surface area contributed by atoms with E-state index in [1.807, 2.05) is 13.0 Å². The van der Waals surface area contributed by atoms with E-state index in [0.717, 1.165) is 18.7 Å². The smallest absolute Gasteiger partial charge is 0.272 e. The number of aromatic amines is 1. The van der Waals surface area contributed by atoms with Crippen LogP contribution >= 0.6 is 0 Å². The van der Waals surface area contributed by atoms with Gasteiger partial charge in [-0.05, 0) is 19.9 Å². The van der Waals surface area contributed by atoms with E-state index >= 15 is 0 Å². The number of fused-ring (bicyclic) bond motifs is 1. The van der Waals surface area contributed by atoms with Crippen molar-refractivity contribution in [2.45, 2.75) is 26.0 Å².